The molecule has 0 saturated heterocycles. The Morgan fingerprint density at radius 2 is 1.95 bits per heavy atom. The molecular weight excluding hydrogens is 355 g/mol. The third kappa shape index (κ3) is 4.13. The summed E-state index contributed by atoms with van der Waals surface area (Å²) in [4.78, 5) is 4.09. The van der Waals surface area contributed by atoms with Crippen LogP contribution < -0.4 is 0 Å². The summed E-state index contributed by atoms with van der Waals surface area (Å²) in [7, 11) is 1.51. The van der Waals surface area contributed by atoms with Gasteiger partial charge in [-0.25, -0.2) is 13.4 Å². The second kappa shape index (κ2) is 6.57. The van der Waals surface area contributed by atoms with Crippen molar-refractivity contribution >= 4 is 42.9 Å². The van der Waals surface area contributed by atoms with Crippen molar-refractivity contribution in [2.24, 2.45) is 0 Å². The van der Waals surface area contributed by atoms with E-state index >= 15 is 0 Å². The fourth-order valence-electron chi connectivity index (χ4n) is 1.94. The van der Waals surface area contributed by atoms with Gasteiger partial charge in [-0.3, -0.25) is 0 Å². The molecule has 21 heavy (non-hydrogen) atoms. The molecule has 4 nitrogen and oxygen atoms in total. The highest BCUT2D eigenvalue weighted by Gasteiger charge is 2.17. The SMILES string of the molecule is CCCc1nc(S(=O)(=O)Cl)cn1Cc1ccc(Cl)c(Cl)c1. The van der Waals surface area contributed by atoms with E-state index in [0.717, 1.165) is 12.0 Å². The van der Waals surface area contributed by atoms with Crippen molar-refractivity contribution in [2.75, 3.05) is 0 Å². The van der Waals surface area contributed by atoms with Crippen molar-refractivity contribution in [3.8, 4) is 0 Å². The zero-order valence-corrected chi connectivity index (χ0v) is 14.3. The molecule has 0 radical (unpaired) electrons. The molecule has 1 aromatic carbocycles. The summed E-state index contributed by atoms with van der Waals surface area (Å²) in [5.74, 6) is 0.669. The molecule has 0 unspecified atom stereocenters. The molecule has 0 aliphatic carbocycles. The van der Waals surface area contributed by atoms with Gasteiger partial charge in [0, 0.05) is 29.8 Å². The summed E-state index contributed by atoms with van der Waals surface area (Å²) in [6.07, 6.45) is 2.95. The van der Waals surface area contributed by atoms with Crippen LogP contribution >= 0.6 is 33.9 Å². The Bertz CT molecular complexity index is 757. The second-order valence-electron chi connectivity index (χ2n) is 4.56. The van der Waals surface area contributed by atoms with Crippen LogP contribution in [0.1, 0.15) is 24.7 Å². The predicted molar refractivity (Wildman–Crippen MR) is 84.8 cm³/mol. The van der Waals surface area contributed by atoms with Crippen molar-refractivity contribution in [1.29, 1.82) is 0 Å². The Kier molecular flexibility index (Phi) is 5.20. The molecule has 0 aliphatic heterocycles. The molecule has 114 valence electrons. The third-order valence-electron chi connectivity index (χ3n) is 2.90. The maximum absolute atomic E-state index is 11.4. The van der Waals surface area contributed by atoms with Crippen LogP contribution in [0.4, 0.5) is 0 Å². The summed E-state index contributed by atoms with van der Waals surface area (Å²) >= 11 is 11.9. The van der Waals surface area contributed by atoms with Gasteiger partial charge in [0.15, 0.2) is 5.03 Å². The van der Waals surface area contributed by atoms with E-state index in [0.29, 0.717) is 28.8 Å². The van der Waals surface area contributed by atoms with Crippen LogP contribution in [0, 0.1) is 0 Å². The number of hydrogen-bond acceptors (Lipinski definition) is 3. The number of aryl methyl sites for hydroxylation is 1. The molecule has 0 bridgehead atoms. The van der Waals surface area contributed by atoms with Crippen LogP contribution in [-0.2, 0) is 22.0 Å². The Labute approximate surface area is 138 Å². The van der Waals surface area contributed by atoms with Crippen LogP contribution in [0.5, 0.6) is 0 Å². The number of imidazole rings is 1. The van der Waals surface area contributed by atoms with Crippen LogP contribution in [0.25, 0.3) is 0 Å². The van der Waals surface area contributed by atoms with E-state index < -0.39 is 9.05 Å². The Hall–Kier alpha value is -0.750. The number of nitrogens with zero attached hydrogens (tertiary/aromatic N) is 2. The van der Waals surface area contributed by atoms with E-state index in [-0.39, 0.29) is 5.03 Å². The number of benzene rings is 1. The first kappa shape index (κ1) is 16.6. The smallest absolute Gasteiger partial charge is 0.280 e. The Morgan fingerprint density at radius 3 is 2.52 bits per heavy atom. The van der Waals surface area contributed by atoms with Crippen LogP contribution in [-0.4, -0.2) is 18.0 Å². The van der Waals surface area contributed by atoms with Crippen LogP contribution in [0.2, 0.25) is 10.0 Å². The van der Waals surface area contributed by atoms with Crippen molar-refractivity contribution in [3.05, 3.63) is 45.8 Å². The summed E-state index contributed by atoms with van der Waals surface area (Å²) in [5.41, 5.74) is 0.901. The van der Waals surface area contributed by atoms with Crippen molar-refractivity contribution in [2.45, 2.75) is 31.3 Å². The average Bonchev–Trinajstić information content (AvgIpc) is 2.78. The normalized spacial score (nSPS) is 11.8. The average molecular weight is 368 g/mol. The highest BCUT2D eigenvalue weighted by molar-refractivity contribution is 8.13. The van der Waals surface area contributed by atoms with E-state index in [1.807, 2.05) is 13.0 Å². The zero-order valence-electron chi connectivity index (χ0n) is 11.2. The lowest BCUT2D eigenvalue weighted by molar-refractivity contribution is 0.606. The molecule has 0 spiro atoms. The standard InChI is InChI=1S/C13H13Cl3N2O2S/c1-2-3-12-17-13(21(16,19)20)8-18(12)7-9-4-5-10(14)11(15)6-9/h4-6,8H,2-3,7H2,1H3. The molecule has 0 fully saturated rings. The molecule has 1 heterocycles. The molecule has 0 N–H and O–H groups in total. The third-order valence-corrected chi connectivity index (χ3v) is 4.81. The van der Waals surface area contributed by atoms with Crippen LogP contribution in [0.3, 0.4) is 0 Å². The predicted octanol–water partition coefficient (Wildman–Crippen LogP) is 4.12. The number of halogens is 3. The molecule has 0 saturated carbocycles. The van der Waals surface area contributed by atoms with E-state index in [1.54, 1.807) is 16.7 Å². The minimum Gasteiger partial charge on any atom is -0.329 e. The van der Waals surface area contributed by atoms with Gasteiger partial charge in [0.25, 0.3) is 9.05 Å². The summed E-state index contributed by atoms with van der Waals surface area (Å²) in [6, 6.07) is 5.28. The lowest BCUT2D eigenvalue weighted by Gasteiger charge is -2.08. The van der Waals surface area contributed by atoms with Gasteiger partial charge in [-0.1, -0.05) is 36.2 Å². The topological polar surface area (TPSA) is 52.0 Å². The van der Waals surface area contributed by atoms with Gasteiger partial charge in [-0.05, 0) is 24.1 Å². The first-order chi connectivity index (χ1) is 9.81. The highest BCUT2D eigenvalue weighted by Crippen LogP contribution is 2.24. The van der Waals surface area contributed by atoms with E-state index in [4.69, 9.17) is 33.9 Å². The first-order valence-electron chi connectivity index (χ1n) is 6.26. The number of hydrogen-bond donors (Lipinski definition) is 0. The van der Waals surface area contributed by atoms with Gasteiger partial charge in [0.1, 0.15) is 5.82 Å². The molecule has 0 aliphatic rings. The number of rotatable bonds is 5. The van der Waals surface area contributed by atoms with Gasteiger partial charge in [-0.2, -0.15) is 0 Å². The van der Waals surface area contributed by atoms with E-state index in [2.05, 4.69) is 4.98 Å². The summed E-state index contributed by atoms with van der Waals surface area (Å²) < 4.78 is 24.6. The molecule has 0 atom stereocenters. The number of aromatic nitrogens is 2. The molecular formula is C13H13Cl3N2O2S. The molecule has 8 heteroatoms. The second-order valence-corrected chi connectivity index (χ2v) is 7.89. The van der Waals surface area contributed by atoms with E-state index in [1.165, 1.54) is 6.20 Å². The van der Waals surface area contributed by atoms with Gasteiger partial charge in [0.2, 0.25) is 0 Å². The highest BCUT2D eigenvalue weighted by atomic mass is 35.7. The van der Waals surface area contributed by atoms with Crippen molar-refractivity contribution in [1.82, 2.24) is 9.55 Å². The minimum absolute atomic E-state index is 0.132. The quantitative estimate of drug-likeness (QED) is 0.747. The Morgan fingerprint density at radius 1 is 1.24 bits per heavy atom. The molecule has 2 aromatic rings. The molecule has 0 amide bonds. The summed E-state index contributed by atoms with van der Waals surface area (Å²) in [5, 5.41) is 0.799. The summed E-state index contributed by atoms with van der Waals surface area (Å²) in [6.45, 7) is 2.44. The van der Waals surface area contributed by atoms with Crippen molar-refractivity contribution < 1.29 is 8.42 Å². The first-order valence-corrected chi connectivity index (χ1v) is 9.32. The lowest BCUT2D eigenvalue weighted by atomic mass is 10.2. The maximum Gasteiger partial charge on any atom is 0.280 e. The van der Waals surface area contributed by atoms with Crippen LogP contribution in [0.15, 0.2) is 29.4 Å². The van der Waals surface area contributed by atoms with Gasteiger partial charge in [-0.15, -0.1) is 0 Å². The fraction of sp³-hybridized carbons (Fsp3) is 0.308. The maximum atomic E-state index is 11.4. The minimum atomic E-state index is -3.84. The fourth-order valence-corrected chi connectivity index (χ4v) is 2.95. The van der Waals surface area contributed by atoms with E-state index in [9.17, 15) is 8.42 Å². The zero-order chi connectivity index (χ0) is 15.6. The largest absolute Gasteiger partial charge is 0.329 e. The Balaban J connectivity index is 2.37. The monoisotopic (exact) mass is 366 g/mol. The van der Waals surface area contributed by atoms with Gasteiger partial charge < -0.3 is 4.57 Å². The van der Waals surface area contributed by atoms with Gasteiger partial charge in [0.05, 0.1) is 10.0 Å². The molecule has 1 aromatic heterocycles. The van der Waals surface area contributed by atoms with Crippen molar-refractivity contribution in [3.63, 3.8) is 0 Å². The lowest BCUT2D eigenvalue weighted by Crippen LogP contribution is -2.04. The molecule has 2 rings (SSSR count). The van der Waals surface area contributed by atoms with Gasteiger partial charge >= 0.3 is 0 Å².